The van der Waals surface area contributed by atoms with E-state index in [9.17, 15) is 24.6 Å². The summed E-state index contributed by atoms with van der Waals surface area (Å²) in [4.78, 5) is 37.3. The van der Waals surface area contributed by atoms with E-state index in [1.807, 2.05) is 20.8 Å². The average molecular weight is 330 g/mol. The zero-order valence-corrected chi connectivity index (χ0v) is 14.7. The van der Waals surface area contributed by atoms with Crippen LogP contribution in [0.25, 0.3) is 0 Å². The number of hydrogen-bond acceptors (Lipinski definition) is 5. The second-order valence-electron chi connectivity index (χ2n) is 6.55. The Hall–Kier alpha value is -1.47. The van der Waals surface area contributed by atoms with E-state index in [1.165, 1.54) is 6.92 Å². The van der Waals surface area contributed by atoms with Gasteiger partial charge >= 0.3 is 5.97 Å². The molecule has 0 saturated heterocycles. The van der Waals surface area contributed by atoms with Gasteiger partial charge in [0, 0.05) is 0 Å². The summed E-state index contributed by atoms with van der Waals surface area (Å²) in [6, 6.07) is -2.23. The first kappa shape index (κ1) is 21.5. The van der Waals surface area contributed by atoms with Gasteiger partial charge < -0.3 is 15.9 Å². The molecular weight excluding hydrogens is 300 g/mol. The number of rotatable bonds is 9. The van der Waals surface area contributed by atoms with Crippen LogP contribution in [0.4, 0.5) is 0 Å². The molecule has 0 spiro atoms. The molecule has 0 heterocycles. The van der Waals surface area contributed by atoms with Crippen LogP contribution in [0.15, 0.2) is 0 Å². The molecule has 0 bridgehead atoms. The van der Waals surface area contributed by atoms with Gasteiger partial charge in [0.2, 0.25) is 11.8 Å². The summed E-state index contributed by atoms with van der Waals surface area (Å²) in [7, 11) is 0. The van der Waals surface area contributed by atoms with Crippen LogP contribution in [-0.4, -0.2) is 51.1 Å². The van der Waals surface area contributed by atoms with Crippen LogP contribution in [0.3, 0.4) is 0 Å². The summed E-state index contributed by atoms with van der Waals surface area (Å²) in [5.41, 5.74) is 5.91. The van der Waals surface area contributed by atoms with Gasteiger partial charge in [0.15, 0.2) is 0 Å². The molecule has 0 aromatic rings. The van der Waals surface area contributed by atoms with Crippen LogP contribution in [0, 0.1) is 11.8 Å². The van der Waals surface area contributed by atoms with Crippen molar-refractivity contribution in [1.82, 2.24) is 4.90 Å². The molecule has 4 unspecified atom stereocenters. The highest BCUT2D eigenvalue weighted by Crippen LogP contribution is 2.18. The van der Waals surface area contributed by atoms with Crippen molar-refractivity contribution in [3.8, 4) is 0 Å². The first-order valence-electron chi connectivity index (χ1n) is 8.05. The van der Waals surface area contributed by atoms with E-state index in [0.717, 1.165) is 4.90 Å². The lowest BCUT2D eigenvalue weighted by molar-refractivity contribution is -0.160. The molecular formula is C16H30N2O5. The number of nitrogens with zero attached hydrogens (tertiary/aromatic N) is 1. The molecule has 0 aliphatic heterocycles. The third kappa shape index (κ3) is 6.66. The van der Waals surface area contributed by atoms with E-state index in [4.69, 9.17) is 5.73 Å². The van der Waals surface area contributed by atoms with Gasteiger partial charge in [-0.15, -0.1) is 0 Å². The van der Waals surface area contributed by atoms with E-state index in [1.54, 1.807) is 6.92 Å². The fourth-order valence-corrected chi connectivity index (χ4v) is 2.22. The molecule has 4 atom stereocenters. The minimum absolute atomic E-state index is 0.0226. The number of imide groups is 1. The molecule has 0 rings (SSSR count). The van der Waals surface area contributed by atoms with E-state index >= 15 is 0 Å². The molecule has 2 amide bonds. The molecule has 23 heavy (non-hydrogen) atoms. The zero-order chi connectivity index (χ0) is 18.3. The Morgan fingerprint density at radius 2 is 1.65 bits per heavy atom. The van der Waals surface area contributed by atoms with Crippen LogP contribution in [-0.2, 0) is 14.4 Å². The minimum Gasteiger partial charge on any atom is -0.480 e. The Bertz CT molecular complexity index is 423. The van der Waals surface area contributed by atoms with Crippen molar-refractivity contribution in [3.05, 3.63) is 0 Å². The number of carbonyl (C=O) groups is 3. The maximum Gasteiger partial charge on any atom is 0.326 e. The number of amides is 2. The molecule has 0 saturated carbocycles. The number of carbonyl (C=O) groups excluding carboxylic acids is 2. The van der Waals surface area contributed by atoms with Gasteiger partial charge in [0.1, 0.15) is 6.04 Å². The molecule has 134 valence electrons. The first-order valence-corrected chi connectivity index (χ1v) is 8.05. The Morgan fingerprint density at radius 1 is 1.13 bits per heavy atom. The fraction of sp³-hybridized carbons (Fsp3) is 0.812. The summed E-state index contributed by atoms with van der Waals surface area (Å²) in [5.74, 6) is -2.86. The molecule has 4 N–H and O–H groups in total. The Labute approximate surface area is 137 Å². The lowest BCUT2D eigenvalue weighted by Crippen LogP contribution is -2.56. The zero-order valence-electron chi connectivity index (χ0n) is 14.7. The smallest absolute Gasteiger partial charge is 0.326 e. The molecule has 0 aromatic heterocycles. The Morgan fingerprint density at radius 3 is 2.00 bits per heavy atom. The summed E-state index contributed by atoms with van der Waals surface area (Å²) < 4.78 is 0. The van der Waals surface area contributed by atoms with Gasteiger partial charge in [-0.2, -0.15) is 0 Å². The number of aliphatic hydroxyl groups is 1. The predicted molar refractivity (Wildman–Crippen MR) is 86.5 cm³/mol. The highest BCUT2D eigenvalue weighted by Gasteiger charge is 2.38. The summed E-state index contributed by atoms with van der Waals surface area (Å²) in [6.07, 6.45) is -0.514. The Kier molecular flexibility index (Phi) is 9.01. The van der Waals surface area contributed by atoms with Crippen molar-refractivity contribution in [3.63, 3.8) is 0 Å². The normalized spacial score (nSPS) is 16.5. The highest BCUT2D eigenvalue weighted by atomic mass is 16.4. The fourth-order valence-electron chi connectivity index (χ4n) is 2.22. The van der Waals surface area contributed by atoms with Crippen LogP contribution in [0.5, 0.6) is 0 Å². The maximum absolute atomic E-state index is 12.6. The summed E-state index contributed by atoms with van der Waals surface area (Å²) in [6.45, 7) is 8.67. The number of nitrogens with two attached hydrogens (primary N) is 1. The van der Waals surface area contributed by atoms with Crippen LogP contribution in [0.2, 0.25) is 0 Å². The van der Waals surface area contributed by atoms with E-state index < -0.39 is 36.0 Å². The van der Waals surface area contributed by atoms with Gasteiger partial charge in [-0.3, -0.25) is 14.5 Å². The van der Waals surface area contributed by atoms with Crippen molar-refractivity contribution in [2.24, 2.45) is 17.6 Å². The van der Waals surface area contributed by atoms with Crippen LogP contribution >= 0.6 is 0 Å². The molecule has 7 heteroatoms. The van der Waals surface area contributed by atoms with Crippen molar-refractivity contribution in [1.29, 1.82) is 0 Å². The summed E-state index contributed by atoms with van der Waals surface area (Å²) >= 11 is 0. The maximum atomic E-state index is 12.6. The number of hydrogen-bond donors (Lipinski definition) is 3. The first-order chi connectivity index (χ1) is 10.5. The molecule has 0 aliphatic rings. The largest absolute Gasteiger partial charge is 0.480 e. The summed E-state index contributed by atoms with van der Waals surface area (Å²) in [5, 5.41) is 18.9. The third-order valence-electron chi connectivity index (χ3n) is 3.81. The standard InChI is InChI=1S/C16H30N2O5/c1-6-10(4)14(17)15(21)18(13(20)8-11(5)19)12(16(22)23)7-9(2)3/h9-12,14,19H,6-8,17H2,1-5H3,(H,22,23). The second-order valence-corrected chi connectivity index (χ2v) is 6.55. The lowest BCUT2D eigenvalue weighted by Gasteiger charge is -2.32. The monoisotopic (exact) mass is 330 g/mol. The van der Waals surface area contributed by atoms with Crippen molar-refractivity contribution in [2.75, 3.05) is 0 Å². The molecule has 0 aromatic carbocycles. The Balaban J connectivity index is 5.64. The minimum atomic E-state index is -1.27. The van der Waals surface area contributed by atoms with Gasteiger partial charge in [0.25, 0.3) is 0 Å². The number of aliphatic hydroxyl groups excluding tert-OH is 1. The molecule has 0 fully saturated rings. The lowest BCUT2D eigenvalue weighted by atomic mass is 9.96. The van der Waals surface area contributed by atoms with E-state index in [2.05, 4.69) is 0 Å². The van der Waals surface area contributed by atoms with Gasteiger partial charge in [-0.25, -0.2) is 4.79 Å². The molecule has 0 radical (unpaired) electrons. The van der Waals surface area contributed by atoms with Gasteiger partial charge in [-0.1, -0.05) is 34.1 Å². The van der Waals surface area contributed by atoms with Crippen molar-refractivity contribution in [2.45, 2.75) is 72.1 Å². The number of aliphatic carboxylic acids is 1. The van der Waals surface area contributed by atoms with Crippen LogP contribution in [0.1, 0.15) is 53.9 Å². The predicted octanol–water partition coefficient (Wildman–Crippen LogP) is 0.985. The molecule has 0 aliphatic carbocycles. The van der Waals surface area contributed by atoms with Gasteiger partial charge in [0.05, 0.1) is 18.6 Å². The SMILES string of the molecule is CCC(C)C(N)C(=O)N(C(=O)CC(C)O)C(CC(C)C)C(=O)O. The number of carboxylic acid groups (broad SMARTS) is 1. The second kappa shape index (κ2) is 9.62. The van der Waals surface area contributed by atoms with Crippen molar-refractivity contribution >= 4 is 17.8 Å². The average Bonchev–Trinajstić information content (AvgIpc) is 2.43. The quantitative estimate of drug-likeness (QED) is 0.579. The van der Waals surface area contributed by atoms with Crippen molar-refractivity contribution < 1.29 is 24.6 Å². The topological polar surface area (TPSA) is 121 Å². The van der Waals surface area contributed by atoms with Crippen LogP contribution < -0.4 is 5.73 Å². The number of carboxylic acids is 1. The van der Waals surface area contributed by atoms with Gasteiger partial charge in [-0.05, 0) is 25.2 Å². The highest BCUT2D eigenvalue weighted by molar-refractivity contribution is 6.01. The van der Waals surface area contributed by atoms with E-state index in [0.29, 0.717) is 6.42 Å². The van der Waals surface area contributed by atoms with E-state index in [-0.39, 0.29) is 24.7 Å². The third-order valence-corrected chi connectivity index (χ3v) is 3.81. The molecule has 7 nitrogen and oxygen atoms in total.